The topological polar surface area (TPSA) is 74.6 Å². The normalized spacial score (nSPS) is 17.7. The van der Waals surface area contributed by atoms with E-state index in [1.165, 1.54) is 0 Å². The molecule has 168 valence electrons. The molecule has 1 aromatic heterocycles. The lowest BCUT2D eigenvalue weighted by Gasteiger charge is -2.33. The van der Waals surface area contributed by atoms with Crippen molar-refractivity contribution in [1.82, 2.24) is 0 Å². The summed E-state index contributed by atoms with van der Waals surface area (Å²) in [5, 5.41) is 7.01. The molecule has 0 spiro atoms. The van der Waals surface area contributed by atoms with Crippen molar-refractivity contribution in [2.75, 3.05) is 22.1 Å². The maximum atomic E-state index is 13.3. The van der Waals surface area contributed by atoms with Crippen LogP contribution in [0.3, 0.4) is 0 Å². The fourth-order valence-corrected chi connectivity index (χ4v) is 4.76. The Morgan fingerprint density at radius 1 is 1.18 bits per heavy atom. The van der Waals surface area contributed by atoms with Gasteiger partial charge in [-0.05, 0) is 61.7 Å². The second-order valence-electron chi connectivity index (χ2n) is 8.36. The summed E-state index contributed by atoms with van der Waals surface area (Å²) in [6, 6.07) is 16.3. The zero-order valence-corrected chi connectivity index (χ0v) is 19.0. The molecule has 0 radical (unpaired) electrons. The minimum absolute atomic E-state index is 0.0279. The van der Waals surface area contributed by atoms with Gasteiger partial charge in [-0.15, -0.1) is 0 Å². The van der Waals surface area contributed by atoms with Crippen molar-refractivity contribution in [3.8, 4) is 0 Å². The van der Waals surface area contributed by atoms with Crippen LogP contribution in [0, 0.1) is 6.92 Å². The third-order valence-electron chi connectivity index (χ3n) is 6.14. The number of fused-ring (bicyclic) bond motifs is 1. The second-order valence-corrected chi connectivity index (χ2v) is 8.80. The highest BCUT2D eigenvalue weighted by atomic mass is 35.5. The number of hydrogen-bond donors (Lipinski definition) is 2. The molecule has 2 N–H and O–H groups in total. The van der Waals surface area contributed by atoms with Gasteiger partial charge in [0, 0.05) is 28.4 Å². The predicted molar refractivity (Wildman–Crippen MR) is 130 cm³/mol. The van der Waals surface area contributed by atoms with Crippen LogP contribution in [0.15, 0.2) is 76.5 Å². The molecule has 2 heterocycles. The van der Waals surface area contributed by atoms with Gasteiger partial charge in [-0.1, -0.05) is 29.8 Å². The van der Waals surface area contributed by atoms with Crippen LogP contribution >= 0.6 is 11.6 Å². The Labute approximate surface area is 197 Å². The Balaban J connectivity index is 1.58. The summed E-state index contributed by atoms with van der Waals surface area (Å²) in [7, 11) is 0. The molecule has 2 aliphatic rings. The summed E-state index contributed by atoms with van der Waals surface area (Å²) < 4.78 is 5.80. The van der Waals surface area contributed by atoms with Gasteiger partial charge < -0.3 is 20.0 Å². The van der Waals surface area contributed by atoms with Gasteiger partial charge in [0.2, 0.25) is 5.91 Å². The van der Waals surface area contributed by atoms with Crippen molar-refractivity contribution in [3.05, 3.63) is 88.5 Å². The number of benzene rings is 2. The van der Waals surface area contributed by atoms with Gasteiger partial charge in [0.05, 0.1) is 24.2 Å². The zero-order chi connectivity index (χ0) is 22.9. The molecule has 1 aliphatic carbocycles. The van der Waals surface area contributed by atoms with E-state index in [0.717, 1.165) is 35.5 Å². The first kappa shape index (κ1) is 21.3. The van der Waals surface area contributed by atoms with E-state index < -0.39 is 6.04 Å². The number of ketones is 1. The molecule has 3 aromatic rings. The fourth-order valence-electron chi connectivity index (χ4n) is 4.59. The van der Waals surface area contributed by atoms with Crippen LogP contribution in [0.5, 0.6) is 0 Å². The first-order valence-corrected chi connectivity index (χ1v) is 11.4. The summed E-state index contributed by atoms with van der Waals surface area (Å²) >= 11 is 6.14. The summed E-state index contributed by atoms with van der Waals surface area (Å²) in [6.45, 7) is 1.95. The van der Waals surface area contributed by atoms with Gasteiger partial charge in [-0.25, -0.2) is 0 Å². The van der Waals surface area contributed by atoms with E-state index in [0.29, 0.717) is 28.5 Å². The molecule has 1 atom stereocenters. The van der Waals surface area contributed by atoms with Crippen LogP contribution in [-0.2, 0) is 9.59 Å². The molecule has 7 heteroatoms. The van der Waals surface area contributed by atoms with Crippen molar-refractivity contribution >= 4 is 40.4 Å². The van der Waals surface area contributed by atoms with Gasteiger partial charge >= 0.3 is 0 Å². The molecule has 6 nitrogen and oxygen atoms in total. The highest BCUT2D eigenvalue weighted by molar-refractivity contribution is 6.31. The van der Waals surface area contributed by atoms with Crippen LogP contribution in [0.25, 0.3) is 0 Å². The van der Waals surface area contributed by atoms with E-state index in [1.54, 1.807) is 24.5 Å². The lowest BCUT2D eigenvalue weighted by Crippen LogP contribution is -2.38. The second kappa shape index (κ2) is 8.79. The van der Waals surface area contributed by atoms with Crippen molar-refractivity contribution in [3.63, 3.8) is 0 Å². The number of aryl methyl sites for hydroxylation is 1. The van der Waals surface area contributed by atoms with Gasteiger partial charge in [0.25, 0.3) is 0 Å². The van der Waals surface area contributed by atoms with Crippen molar-refractivity contribution in [2.24, 2.45) is 0 Å². The van der Waals surface area contributed by atoms with Gasteiger partial charge in [-0.3, -0.25) is 9.59 Å². The average Bonchev–Trinajstić information content (AvgIpc) is 3.28. The molecule has 1 amide bonds. The summed E-state index contributed by atoms with van der Waals surface area (Å²) in [4.78, 5) is 28.4. The number of rotatable bonds is 4. The van der Waals surface area contributed by atoms with Gasteiger partial charge in [0.1, 0.15) is 11.8 Å². The van der Waals surface area contributed by atoms with E-state index in [4.69, 9.17) is 16.0 Å². The summed E-state index contributed by atoms with van der Waals surface area (Å²) in [5.41, 5.74) is 4.84. The molecule has 0 saturated heterocycles. The number of amides is 1. The zero-order valence-electron chi connectivity index (χ0n) is 18.2. The van der Waals surface area contributed by atoms with E-state index >= 15 is 0 Å². The third kappa shape index (κ3) is 4.14. The number of anilines is 3. The number of halogens is 1. The minimum Gasteiger partial charge on any atom is -0.467 e. The van der Waals surface area contributed by atoms with E-state index in [9.17, 15) is 9.59 Å². The Hall–Kier alpha value is -3.51. The number of allylic oxidation sites excluding steroid dienone is 1. The number of hydrogen-bond acceptors (Lipinski definition) is 5. The number of para-hydroxylation sites is 2. The molecule has 5 rings (SSSR count). The number of furan rings is 1. The van der Waals surface area contributed by atoms with E-state index in [1.807, 2.05) is 48.2 Å². The van der Waals surface area contributed by atoms with Crippen molar-refractivity contribution in [1.29, 1.82) is 0 Å². The molecular formula is C26H24ClN3O3. The highest BCUT2D eigenvalue weighted by Crippen LogP contribution is 2.44. The molecule has 1 aliphatic heterocycles. The lowest BCUT2D eigenvalue weighted by molar-refractivity contribution is -0.117. The molecule has 0 fully saturated rings. The first-order valence-electron chi connectivity index (χ1n) is 11.0. The molecule has 0 bridgehead atoms. The lowest BCUT2D eigenvalue weighted by atomic mass is 9.88. The molecular weight excluding hydrogens is 438 g/mol. The summed E-state index contributed by atoms with van der Waals surface area (Å²) in [5.74, 6) is 0.496. The SMILES string of the molecule is Cc1ccc(Cl)cc1NC(=O)CN1c2ccccc2NC2=C(C(=O)CCC2)[C@H]1c1ccco1. The highest BCUT2D eigenvalue weighted by Gasteiger charge is 2.38. The minimum atomic E-state index is -0.509. The Kier molecular flexibility index (Phi) is 5.68. The first-order chi connectivity index (χ1) is 16.0. The maximum absolute atomic E-state index is 13.3. The number of Topliss-reactive ketones (excluding diaryl/α,β-unsaturated/α-hetero) is 1. The molecule has 0 unspecified atom stereocenters. The third-order valence-corrected chi connectivity index (χ3v) is 6.38. The predicted octanol–water partition coefficient (Wildman–Crippen LogP) is 5.86. The Bertz CT molecular complexity index is 1250. The Morgan fingerprint density at radius 3 is 2.85 bits per heavy atom. The quantitative estimate of drug-likeness (QED) is 0.509. The van der Waals surface area contributed by atoms with Crippen LogP contribution < -0.4 is 15.5 Å². The molecule has 2 aromatic carbocycles. The van der Waals surface area contributed by atoms with Crippen LogP contribution in [0.2, 0.25) is 5.02 Å². The number of nitrogens with zero attached hydrogens (tertiary/aromatic N) is 1. The monoisotopic (exact) mass is 461 g/mol. The Morgan fingerprint density at radius 2 is 2.03 bits per heavy atom. The molecule has 33 heavy (non-hydrogen) atoms. The number of carbonyl (C=O) groups excluding carboxylic acids is 2. The molecule has 0 saturated carbocycles. The van der Waals surface area contributed by atoms with E-state index in [2.05, 4.69) is 10.6 Å². The standard InChI is InChI=1S/C26H24ClN3O3/c1-16-11-12-17(27)14-20(16)29-24(32)15-30-21-8-3-2-6-18(21)28-19-7-4-9-22(31)25(19)26(30)23-10-5-13-33-23/h2-3,5-6,8,10-14,26,28H,4,7,9,15H2,1H3,(H,29,32)/t26-/m1/s1. The maximum Gasteiger partial charge on any atom is 0.243 e. The largest absolute Gasteiger partial charge is 0.467 e. The number of nitrogens with one attached hydrogen (secondary N) is 2. The number of carbonyl (C=O) groups is 2. The fraction of sp³-hybridized carbons (Fsp3) is 0.231. The van der Waals surface area contributed by atoms with Crippen LogP contribution in [-0.4, -0.2) is 18.2 Å². The van der Waals surface area contributed by atoms with Crippen LogP contribution in [0.1, 0.15) is 36.6 Å². The van der Waals surface area contributed by atoms with Gasteiger partial charge in [0.15, 0.2) is 5.78 Å². The summed E-state index contributed by atoms with van der Waals surface area (Å²) in [6.07, 6.45) is 3.65. The average molecular weight is 462 g/mol. The smallest absolute Gasteiger partial charge is 0.243 e. The van der Waals surface area contributed by atoms with E-state index in [-0.39, 0.29) is 18.2 Å². The van der Waals surface area contributed by atoms with Crippen molar-refractivity contribution in [2.45, 2.75) is 32.2 Å². The van der Waals surface area contributed by atoms with Gasteiger partial charge in [-0.2, -0.15) is 0 Å². The van der Waals surface area contributed by atoms with Crippen molar-refractivity contribution < 1.29 is 14.0 Å². The van der Waals surface area contributed by atoms with Crippen LogP contribution in [0.4, 0.5) is 17.1 Å².